The minimum absolute atomic E-state index is 0. The second kappa shape index (κ2) is 10.1. The van der Waals surface area contributed by atoms with Crippen molar-refractivity contribution in [1.82, 2.24) is 14.8 Å². The van der Waals surface area contributed by atoms with E-state index in [0.29, 0.717) is 23.1 Å². The quantitative estimate of drug-likeness (QED) is 0.186. The topological polar surface area (TPSA) is 34.0 Å². The fraction of sp³-hybridized carbons (Fsp3) is 0.231. The number of nitrogens with zero attached hydrogens (tertiary/aromatic N) is 4. The average molecular weight is 680 g/mol. The van der Waals surface area contributed by atoms with Gasteiger partial charge in [0.1, 0.15) is 0 Å². The Balaban J connectivity index is 0.00000361. The van der Waals surface area contributed by atoms with Crippen molar-refractivity contribution in [3.8, 4) is 16.9 Å². The van der Waals surface area contributed by atoms with Crippen molar-refractivity contribution in [3.63, 3.8) is 0 Å². The van der Waals surface area contributed by atoms with E-state index < -0.39 is 34.4 Å². The molecule has 10 heteroatoms. The Kier molecular flexibility index (Phi) is 7.74. The SMILES string of the molecule is CN(C)c1cc(-c2[c-]cc(F)c(C(F)(F)F)c2F)nc(C(C)(C)c2ccn(-c3[c-]cccc3)n2)c1.[Pt+2]. The van der Waals surface area contributed by atoms with Crippen molar-refractivity contribution < 1.29 is 43.0 Å². The Morgan fingerprint density at radius 3 is 2.31 bits per heavy atom. The first-order chi connectivity index (χ1) is 16.4. The van der Waals surface area contributed by atoms with Gasteiger partial charge in [-0.1, -0.05) is 11.6 Å². The van der Waals surface area contributed by atoms with Crippen molar-refractivity contribution in [3.05, 3.63) is 95.4 Å². The van der Waals surface area contributed by atoms with Crippen molar-refractivity contribution in [2.75, 3.05) is 19.0 Å². The van der Waals surface area contributed by atoms with E-state index in [1.165, 1.54) is 6.07 Å². The Bertz CT molecular complexity index is 1360. The van der Waals surface area contributed by atoms with Crippen LogP contribution in [0.5, 0.6) is 0 Å². The summed E-state index contributed by atoms with van der Waals surface area (Å²) in [5.74, 6) is -3.49. The summed E-state index contributed by atoms with van der Waals surface area (Å²) < 4.78 is 70.4. The zero-order chi connectivity index (χ0) is 25.5. The van der Waals surface area contributed by atoms with Crippen LogP contribution >= 0.6 is 0 Å². The van der Waals surface area contributed by atoms with E-state index in [0.717, 1.165) is 5.69 Å². The van der Waals surface area contributed by atoms with E-state index in [4.69, 9.17) is 0 Å². The van der Waals surface area contributed by atoms with Gasteiger partial charge in [0.05, 0.1) is 22.7 Å². The van der Waals surface area contributed by atoms with E-state index >= 15 is 0 Å². The van der Waals surface area contributed by atoms with Crippen LogP contribution in [0.3, 0.4) is 0 Å². The van der Waals surface area contributed by atoms with Gasteiger partial charge < -0.3 is 9.88 Å². The number of pyridine rings is 1. The predicted molar refractivity (Wildman–Crippen MR) is 122 cm³/mol. The molecule has 0 bridgehead atoms. The molecule has 4 nitrogen and oxygen atoms in total. The minimum Gasteiger partial charge on any atom is -0.378 e. The molecular formula is C26H21F5N4Pt. The van der Waals surface area contributed by atoms with Gasteiger partial charge in [-0.05, 0) is 37.4 Å². The minimum atomic E-state index is -5.21. The summed E-state index contributed by atoms with van der Waals surface area (Å²) in [4.78, 5) is 6.20. The molecule has 0 aliphatic heterocycles. The van der Waals surface area contributed by atoms with Gasteiger partial charge in [-0.25, -0.2) is 0 Å². The second-order valence-electron chi connectivity index (χ2n) is 8.71. The molecule has 0 radical (unpaired) electrons. The number of para-hydroxylation sites is 1. The molecule has 4 aromatic rings. The van der Waals surface area contributed by atoms with E-state index in [1.807, 2.05) is 32.0 Å². The van der Waals surface area contributed by atoms with Gasteiger partial charge in [0.25, 0.3) is 0 Å². The number of halogens is 5. The van der Waals surface area contributed by atoms with Gasteiger partial charge in [-0.3, -0.25) is 13.5 Å². The van der Waals surface area contributed by atoms with Crippen LogP contribution in [0.2, 0.25) is 0 Å². The molecule has 2 aromatic carbocycles. The first-order valence-electron chi connectivity index (χ1n) is 10.6. The number of hydrogen-bond donors (Lipinski definition) is 0. The summed E-state index contributed by atoms with van der Waals surface area (Å²) in [6.07, 6.45) is -3.44. The molecule has 0 saturated carbocycles. The Labute approximate surface area is 220 Å². The van der Waals surface area contributed by atoms with Crippen LogP contribution in [0.4, 0.5) is 27.6 Å². The summed E-state index contributed by atoms with van der Waals surface area (Å²) in [7, 11) is 3.48. The fourth-order valence-corrected chi connectivity index (χ4v) is 3.62. The smallest absolute Gasteiger partial charge is 0.378 e. The zero-order valence-corrected chi connectivity index (χ0v) is 22.0. The summed E-state index contributed by atoms with van der Waals surface area (Å²) in [6, 6.07) is 18.1. The van der Waals surface area contributed by atoms with Gasteiger partial charge in [0, 0.05) is 37.2 Å². The van der Waals surface area contributed by atoms with E-state index in [9.17, 15) is 22.0 Å². The molecule has 4 rings (SSSR count). The average Bonchev–Trinajstić information content (AvgIpc) is 3.30. The van der Waals surface area contributed by atoms with Gasteiger partial charge in [-0.2, -0.15) is 42.5 Å². The van der Waals surface area contributed by atoms with E-state index in [1.54, 1.807) is 48.1 Å². The van der Waals surface area contributed by atoms with Crippen LogP contribution in [0.25, 0.3) is 16.9 Å². The zero-order valence-electron chi connectivity index (χ0n) is 19.7. The molecule has 0 atom stereocenters. The normalized spacial score (nSPS) is 11.8. The third kappa shape index (κ3) is 5.21. The molecular weight excluding hydrogens is 658 g/mol. The van der Waals surface area contributed by atoms with Crippen molar-refractivity contribution in [1.29, 1.82) is 0 Å². The molecule has 0 N–H and O–H groups in total. The molecule has 0 amide bonds. The van der Waals surface area contributed by atoms with Gasteiger partial charge in [-0.15, -0.1) is 18.2 Å². The number of anilines is 1. The summed E-state index contributed by atoms with van der Waals surface area (Å²) in [6.45, 7) is 3.71. The predicted octanol–water partition coefficient (Wildman–Crippen LogP) is 6.22. The van der Waals surface area contributed by atoms with Crippen LogP contribution in [0, 0.1) is 23.8 Å². The standard InChI is InChI=1S/C26H21F5N4.Pt/c1-25(2,21-12-13-35(33-21)16-8-6-5-7-9-16)22-15-17(34(3)4)14-20(32-22)18-10-11-19(27)23(24(18)28)26(29,30)31;/h5-8,11-15H,1-4H3;/q-2;+2. The number of hydrogen-bond acceptors (Lipinski definition) is 3. The molecule has 0 saturated heterocycles. The first-order valence-corrected chi connectivity index (χ1v) is 10.6. The molecule has 190 valence electrons. The summed E-state index contributed by atoms with van der Waals surface area (Å²) in [5, 5.41) is 4.63. The molecule has 0 aliphatic carbocycles. The molecule has 0 spiro atoms. The maximum Gasteiger partial charge on any atom is 2.00 e. The molecule has 2 aromatic heterocycles. The van der Waals surface area contributed by atoms with Crippen molar-refractivity contribution in [2.45, 2.75) is 25.4 Å². The van der Waals surface area contributed by atoms with Crippen LogP contribution in [0.15, 0.2) is 54.7 Å². The van der Waals surface area contributed by atoms with E-state index in [-0.39, 0.29) is 26.8 Å². The Morgan fingerprint density at radius 2 is 1.69 bits per heavy atom. The molecule has 0 fully saturated rings. The Hall–Kier alpha value is -3.06. The van der Waals surface area contributed by atoms with Crippen LogP contribution in [0.1, 0.15) is 30.8 Å². The third-order valence-electron chi connectivity index (χ3n) is 5.70. The summed E-state index contributed by atoms with van der Waals surface area (Å²) >= 11 is 0. The third-order valence-corrected chi connectivity index (χ3v) is 5.70. The van der Waals surface area contributed by atoms with Gasteiger partial charge in [0.2, 0.25) is 0 Å². The number of alkyl halides is 3. The molecule has 0 aliphatic rings. The number of aromatic nitrogens is 3. The maximum absolute atomic E-state index is 14.9. The van der Waals surface area contributed by atoms with Crippen molar-refractivity contribution in [2.24, 2.45) is 0 Å². The van der Waals surface area contributed by atoms with Crippen LogP contribution < -0.4 is 4.90 Å². The van der Waals surface area contributed by atoms with Crippen LogP contribution in [-0.2, 0) is 32.7 Å². The molecule has 36 heavy (non-hydrogen) atoms. The Morgan fingerprint density at radius 1 is 0.972 bits per heavy atom. The largest absolute Gasteiger partial charge is 2.00 e. The molecule has 2 heterocycles. The monoisotopic (exact) mass is 679 g/mol. The maximum atomic E-state index is 14.9. The fourth-order valence-electron chi connectivity index (χ4n) is 3.62. The van der Waals surface area contributed by atoms with Crippen molar-refractivity contribution >= 4 is 5.69 Å². The number of benzene rings is 2. The van der Waals surface area contributed by atoms with E-state index in [2.05, 4.69) is 22.2 Å². The molecule has 0 unspecified atom stereocenters. The van der Waals surface area contributed by atoms with Gasteiger partial charge in [0.15, 0.2) is 0 Å². The number of rotatable bonds is 5. The van der Waals surface area contributed by atoms with Crippen LogP contribution in [-0.4, -0.2) is 28.9 Å². The first kappa shape index (κ1) is 27.5. The second-order valence-corrected chi connectivity index (χ2v) is 8.71. The van der Waals surface area contributed by atoms with Gasteiger partial charge >= 0.3 is 27.2 Å². The summed E-state index contributed by atoms with van der Waals surface area (Å²) in [5.41, 5.74) is -1.09.